The molecule has 13 rings (SSSR count). The van der Waals surface area contributed by atoms with E-state index in [0.717, 1.165) is 77.6 Å². The molecule has 5 heteroatoms. The highest BCUT2D eigenvalue weighted by Crippen LogP contribution is 2.43. The molecule has 0 spiro atoms. The third-order valence-electron chi connectivity index (χ3n) is 12.9. The number of rotatable bonds is 7. The molecule has 0 bridgehead atoms. The van der Waals surface area contributed by atoms with Crippen molar-refractivity contribution in [2.75, 3.05) is 0 Å². The lowest BCUT2D eigenvalue weighted by Crippen LogP contribution is -2.02. The van der Waals surface area contributed by atoms with Crippen LogP contribution >= 0.6 is 0 Å². The molecule has 3 heterocycles. The monoisotopic (exact) mass is 842 g/mol. The normalized spacial score (nSPS) is 11.6. The molecule has 0 saturated heterocycles. The molecule has 5 nitrogen and oxygen atoms in total. The Morgan fingerprint density at radius 1 is 0.303 bits per heavy atom. The Balaban J connectivity index is 1.01. The van der Waals surface area contributed by atoms with Gasteiger partial charge in [0.1, 0.15) is 11.2 Å². The molecule has 0 amide bonds. The molecule has 0 unspecified atom stereocenters. The summed E-state index contributed by atoms with van der Waals surface area (Å²) in [6, 6.07) is 81.1. The Hall–Kier alpha value is -8.93. The van der Waals surface area contributed by atoms with E-state index >= 15 is 0 Å². The first-order chi connectivity index (χ1) is 32.7. The standard InChI is InChI=1S/C61H38N4O/c1-3-14-39(15-4-1)40-26-28-41(29-27-40)42-30-32-44(33-31-42)60-62-59(43-16-5-2-6-17-43)63-61(64-60)47-34-35-54(52(37-47)49-22-13-25-57-58(49)50-21-10-12-24-56(50)66-57)65-53-23-11-9-20-48(53)51-36-45-18-7-8-19-46(45)38-55(51)65/h1-38H. The van der Waals surface area contributed by atoms with Crippen molar-refractivity contribution in [2.45, 2.75) is 0 Å². The lowest BCUT2D eigenvalue weighted by molar-refractivity contribution is 0.669. The molecule has 0 aliphatic rings. The first-order valence-electron chi connectivity index (χ1n) is 22.3. The van der Waals surface area contributed by atoms with Crippen LogP contribution in [0.2, 0.25) is 0 Å². The number of aromatic nitrogens is 4. The van der Waals surface area contributed by atoms with Crippen molar-refractivity contribution < 1.29 is 4.42 Å². The molecule has 66 heavy (non-hydrogen) atoms. The molecule has 0 aliphatic heterocycles. The minimum absolute atomic E-state index is 0.588. The van der Waals surface area contributed by atoms with Gasteiger partial charge in [-0.05, 0) is 87.1 Å². The smallest absolute Gasteiger partial charge is 0.164 e. The summed E-state index contributed by atoms with van der Waals surface area (Å²) in [5.41, 5.74) is 14.5. The third kappa shape index (κ3) is 6.36. The van der Waals surface area contributed by atoms with E-state index in [9.17, 15) is 0 Å². The highest BCUT2D eigenvalue weighted by Gasteiger charge is 2.22. The van der Waals surface area contributed by atoms with Crippen LogP contribution in [0, 0.1) is 0 Å². The predicted octanol–water partition coefficient (Wildman–Crippen LogP) is 16.0. The van der Waals surface area contributed by atoms with Crippen LogP contribution in [0.25, 0.3) is 128 Å². The molecule has 0 N–H and O–H groups in total. The third-order valence-corrected chi connectivity index (χ3v) is 12.9. The van der Waals surface area contributed by atoms with Crippen molar-refractivity contribution >= 4 is 54.5 Å². The number of hydrogen-bond donors (Lipinski definition) is 0. The fraction of sp³-hybridized carbons (Fsp3) is 0. The van der Waals surface area contributed by atoms with E-state index in [4.69, 9.17) is 19.4 Å². The number of benzene rings is 10. The molecular formula is C61H38N4O. The second kappa shape index (κ2) is 15.4. The van der Waals surface area contributed by atoms with Crippen LogP contribution in [0.4, 0.5) is 0 Å². The van der Waals surface area contributed by atoms with Crippen molar-refractivity contribution in [1.29, 1.82) is 0 Å². The minimum Gasteiger partial charge on any atom is -0.456 e. The van der Waals surface area contributed by atoms with Gasteiger partial charge >= 0.3 is 0 Å². The quantitative estimate of drug-likeness (QED) is 0.160. The lowest BCUT2D eigenvalue weighted by Gasteiger charge is -2.17. The van der Waals surface area contributed by atoms with Gasteiger partial charge in [-0.15, -0.1) is 0 Å². The van der Waals surface area contributed by atoms with Crippen LogP contribution in [0.3, 0.4) is 0 Å². The Labute approximate surface area is 380 Å². The Morgan fingerprint density at radius 2 is 0.803 bits per heavy atom. The summed E-state index contributed by atoms with van der Waals surface area (Å²) in [5.74, 6) is 1.80. The zero-order chi connectivity index (χ0) is 43.6. The number of para-hydroxylation sites is 2. The first kappa shape index (κ1) is 37.6. The average molecular weight is 843 g/mol. The summed E-state index contributed by atoms with van der Waals surface area (Å²) in [6.07, 6.45) is 0. The fourth-order valence-electron chi connectivity index (χ4n) is 9.65. The van der Waals surface area contributed by atoms with Crippen molar-refractivity contribution in [3.8, 4) is 73.2 Å². The van der Waals surface area contributed by atoms with Gasteiger partial charge in [-0.25, -0.2) is 15.0 Å². The zero-order valence-electron chi connectivity index (χ0n) is 35.6. The molecule has 0 atom stereocenters. The maximum Gasteiger partial charge on any atom is 0.164 e. The summed E-state index contributed by atoms with van der Waals surface area (Å²) < 4.78 is 8.92. The largest absolute Gasteiger partial charge is 0.456 e. The molecule has 308 valence electrons. The van der Waals surface area contributed by atoms with Crippen molar-refractivity contribution in [1.82, 2.24) is 19.5 Å². The molecule has 0 fully saturated rings. The van der Waals surface area contributed by atoms with E-state index in [1.807, 2.05) is 36.4 Å². The van der Waals surface area contributed by atoms with Crippen LogP contribution < -0.4 is 0 Å². The topological polar surface area (TPSA) is 56.7 Å². The van der Waals surface area contributed by atoms with Gasteiger partial charge in [0.15, 0.2) is 17.5 Å². The molecular weight excluding hydrogens is 805 g/mol. The summed E-state index contributed by atoms with van der Waals surface area (Å²) >= 11 is 0. The van der Waals surface area contributed by atoms with Gasteiger partial charge in [0, 0.05) is 43.8 Å². The van der Waals surface area contributed by atoms with Crippen molar-refractivity contribution in [3.05, 3.63) is 231 Å². The first-order valence-corrected chi connectivity index (χ1v) is 22.3. The Kier molecular flexibility index (Phi) is 8.78. The highest BCUT2D eigenvalue weighted by atomic mass is 16.3. The lowest BCUT2D eigenvalue weighted by atomic mass is 9.95. The number of fused-ring (bicyclic) bond motifs is 7. The Morgan fingerprint density at radius 3 is 1.50 bits per heavy atom. The maximum absolute atomic E-state index is 6.50. The highest BCUT2D eigenvalue weighted by molar-refractivity contribution is 6.16. The summed E-state index contributed by atoms with van der Waals surface area (Å²) in [4.78, 5) is 15.6. The predicted molar refractivity (Wildman–Crippen MR) is 272 cm³/mol. The molecule has 0 saturated carbocycles. The van der Waals surface area contributed by atoms with E-state index in [1.54, 1.807) is 0 Å². The zero-order valence-corrected chi connectivity index (χ0v) is 35.6. The average Bonchev–Trinajstić information content (AvgIpc) is 3.94. The summed E-state index contributed by atoms with van der Waals surface area (Å²) in [6.45, 7) is 0. The van der Waals surface area contributed by atoms with Crippen molar-refractivity contribution in [3.63, 3.8) is 0 Å². The van der Waals surface area contributed by atoms with Gasteiger partial charge in [0.05, 0.1) is 16.7 Å². The van der Waals surface area contributed by atoms with Gasteiger partial charge in [-0.2, -0.15) is 0 Å². The minimum atomic E-state index is 0.588. The van der Waals surface area contributed by atoms with E-state index in [1.165, 1.54) is 32.7 Å². The van der Waals surface area contributed by atoms with E-state index < -0.39 is 0 Å². The Bertz CT molecular complexity index is 3960. The molecule has 0 radical (unpaired) electrons. The number of furan rings is 1. The summed E-state index contributed by atoms with van der Waals surface area (Å²) in [5, 5.41) is 6.94. The molecule has 13 aromatic rings. The number of nitrogens with zero attached hydrogens (tertiary/aromatic N) is 4. The molecule has 0 aliphatic carbocycles. The van der Waals surface area contributed by atoms with E-state index in [0.29, 0.717) is 17.5 Å². The van der Waals surface area contributed by atoms with Gasteiger partial charge in [0.2, 0.25) is 0 Å². The SMILES string of the molecule is c1ccc(-c2ccc(-c3ccc(-c4nc(-c5ccccc5)nc(-c5ccc(-n6c7ccccc7c7cc8ccccc8cc76)c(-c6cccc7oc8ccccc8c67)c5)n4)cc3)cc2)cc1. The number of hydrogen-bond acceptors (Lipinski definition) is 4. The van der Waals surface area contributed by atoms with Crippen LogP contribution in [0.1, 0.15) is 0 Å². The van der Waals surface area contributed by atoms with Crippen LogP contribution in [-0.2, 0) is 0 Å². The van der Waals surface area contributed by atoms with Gasteiger partial charge < -0.3 is 8.98 Å². The molecule has 10 aromatic carbocycles. The van der Waals surface area contributed by atoms with E-state index in [-0.39, 0.29) is 0 Å². The van der Waals surface area contributed by atoms with Gasteiger partial charge in [0.25, 0.3) is 0 Å². The second-order valence-electron chi connectivity index (χ2n) is 16.8. The van der Waals surface area contributed by atoms with Gasteiger partial charge in [-0.1, -0.05) is 182 Å². The maximum atomic E-state index is 6.50. The van der Waals surface area contributed by atoms with Crippen LogP contribution in [-0.4, -0.2) is 19.5 Å². The van der Waals surface area contributed by atoms with E-state index in [2.05, 4.69) is 199 Å². The van der Waals surface area contributed by atoms with Crippen molar-refractivity contribution in [2.24, 2.45) is 0 Å². The summed E-state index contributed by atoms with van der Waals surface area (Å²) in [7, 11) is 0. The molecule has 3 aromatic heterocycles. The van der Waals surface area contributed by atoms with Crippen LogP contribution in [0.5, 0.6) is 0 Å². The van der Waals surface area contributed by atoms with Crippen LogP contribution in [0.15, 0.2) is 235 Å². The fourth-order valence-corrected chi connectivity index (χ4v) is 9.65. The second-order valence-corrected chi connectivity index (χ2v) is 16.8. The van der Waals surface area contributed by atoms with Gasteiger partial charge in [-0.3, -0.25) is 0 Å².